The van der Waals surface area contributed by atoms with E-state index in [9.17, 15) is 4.79 Å². The Hall–Kier alpha value is -4.27. The smallest absolute Gasteiger partial charge is 0.412 e. The van der Waals surface area contributed by atoms with Gasteiger partial charge in [-0.25, -0.2) is 4.79 Å². The van der Waals surface area contributed by atoms with Crippen LogP contribution in [0.4, 0.5) is 4.79 Å². The average molecular weight is 757 g/mol. The van der Waals surface area contributed by atoms with Gasteiger partial charge < -0.3 is 33.2 Å². The summed E-state index contributed by atoms with van der Waals surface area (Å²) < 4.78 is 45.9. The summed E-state index contributed by atoms with van der Waals surface area (Å²) in [6.45, 7) is 12.1. The van der Waals surface area contributed by atoms with E-state index in [0.717, 1.165) is 58.2 Å². The van der Waals surface area contributed by atoms with Crippen LogP contribution in [0.15, 0.2) is 72.1 Å². The highest BCUT2D eigenvalue weighted by Crippen LogP contribution is 2.39. The Labute approximate surface area is 320 Å². The number of hydrogen-bond donors (Lipinski definition) is 0. The maximum atomic E-state index is 14.2. The molecule has 3 fully saturated rings. The van der Waals surface area contributed by atoms with Crippen molar-refractivity contribution in [1.29, 1.82) is 0 Å². The van der Waals surface area contributed by atoms with Crippen LogP contribution < -0.4 is 14.2 Å². The van der Waals surface area contributed by atoms with Crippen molar-refractivity contribution in [1.82, 2.24) is 19.4 Å². The highest BCUT2D eigenvalue weighted by molar-refractivity contribution is 7.03. The number of aromatic nitrogens is 2. The van der Waals surface area contributed by atoms with Crippen LogP contribution >= 0.6 is 11.5 Å². The molecule has 0 N–H and O–H groups in total. The van der Waals surface area contributed by atoms with E-state index in [4.69, 9.17) is 33.2 Å². The number of nitrogens with zero attached hydrogens (tertiary/aromatic N) is 4. The summed E-state index contributed by atoms with van der Waals surface area (Å²) in [5.41, 5.74) is 4.24. The van der Waals surface area contributed by atoms with Crippen molar-refractivity contribution in [2.45, 2.75) is 84.0 Å². The number of carbonyl (C=O) groups is 1. The highest BCUT2D eigenvalue weighted by atomic mass is 32.1. The fourth-order valence-corrected chi connectivity index (χ4v) is 8.47. The molecule has 4 aliphatic heterocycles. The molecule has 286 valence electrons. The minimum absolute atomic E-state index is 0.0406. The normalized spacial score (nSPS) is 24.0. The Balaban J connectivity index is 0.992. The molecule has 1 amide bonds. The number of benzene rings is 3. The van der Waals surface area contributed by atoms with E-state index in [1.165, 1.54) is 11.5 Å². The zero-order valence-corrected chi connectivity index (χ0v) is 32.0. The van der Waals surface area contributed by atoms with Crippen LogP contribution in [0.1, 0.15) is 50.8 Å². The SMILES string of the molecule is CC(C)CN(Cc1ccc2c(c1)OCO2)CC1OC(C)(C)N(C(=O)OC2COC3OCCC23)C1Cc1ccc(OCc2ccc(-c3csnn3)cc2)cc1. The molecule has 5 heterocycles. The zero-order valence-electron chi connectivity index (χ0n) is 31.2. The third-order valence-electron chi connectivity index (χ3n) is 10.5. The first-order valence-corrected chi connectivity index (χ1v) is 19.6. The maximum Gasteiger partial charge on any atom is 0.412 e. The lowest BCUT2D eigenvalue weighted by molar-refractivity contribution is -0.0912. The van der Waals surface area contributed by atoms with E-state index >= 15 is 0 Å². The Kier molecular flexibility index (Phi) is 10.8. The largest absolute Gasteiger partial charge is 0.489 e. The van der Waals surface area contributed by atoms with Gasteiger partial charge in [-0.15, -0.1) is 5.10 Å². The molecule has 13 heteroatoms. The van der Waals surface area contributed by atoms with Crippen molar-refractivity contribution in [3.8, 4) is 28.5 Å². The van der Waals surface area contributed by atoms with Crippen molar-refractivity contribution in [3.05, 3.63) is 88.8 Å². The fourth-order valence-electron chi connectivity index (χ4n) is 8.01. The summed E-state index contributed by atoms with van der Waals surface area (Å²) in [7, 11) is 0. The number of amides is 1. The Morgan fingerprint density at radius 1 is 1.00 bits per heavy atom. The standard InChI is InChI=1S/C41H48N4O8S/c1-26(2)19-44(20-29-9-14-35-36(18-29)51-25-50-35)21-37-34(45(41(3,4)53-37)40(46)52-38-23-49-39-32(38)15-16-47-39)17-27-7-12-31(13-8-27)48-22-28-5-10-30(11-6-28)33-24-54-43-42-33/h5-14,18,24,26,32,34,37-39H,15-17,19-23,25H2,1-4H3. The molecule has 0 spiro atoms. The molecule has 3 saturated heterocycles. The van der Waals surface area contributed by atoms with Crippen molar-refractivity contribution >= 4 is 17.6 Å². The summed E-state index contributed by atoms with van der Waals surface area (Å²) in [4.78, 5) is 18.5. The lowest BCUT2D eigenvalue weighted by Gasteiger charge is -2.34. The van der Waals surface area contributed by atoms with Crippen LogP contribution in [0, 0.1) is 11.8 Å². The predicted molar refractivity (Wildman–Crippen MR) is 201 cm³/mol. The molecule has 0 aliphatic carbocycles. The molecule has 1 aromatic heterocycles. The van der Waals surface area contributed by atoms with Gasteiger partial charge in [-0.2, -0.15) is 0 Å². The third-order valence-corrected chi connectivity index (χ3v) is 11.0. The van der Waals surface area contributed by atoms with Crippen LogP contribution in [0.3, 0.4) is 0 Å². The summed E-state index contributed by atoms with van der Waals surface area (Å²) >= 11 is 1.34. The molecule has 54 heavy (non-hydrogen) atoms. The van der Waals surface area contributed by atoms with Crippen LogP contribution in [0.2, 0.25) is 0 Å². The molecular weight excluding hydrogens is 709 g/mol. The third kappa shape index (κ3) is 8.20. The van der Waals surface area contributed by atoms with Crippen LogP contribution in [0.5, 0.6) is 17.2 Å². The summed E-state index contributed by atoms with van der Waals surface area (Å²) in [5.74, 6) is 2.76. The molecule has 3 aromatic carbocycles. The molecule has 5 unspecified atom stereocenters. The Bertz CT molecular complexity index is 1870. The van der Waals surface area contributed by atoms with Crippen molar-refractivity contribution in [2.24, 2.45) is 11.8 Å². The van der Waals surface area contributed by atoms with Gasteiger partial charge in [-0.3, -0.25) is 9.80 Å². The number of fused-ring (bicyclic) bond motifs is 2. The Morgan fingerprint density at radius 2 is 1.78 bits per heavy atom. The molecule has 4 aliphatic rings. The maximum absolute atomic E-state index is 14.2. The van der Waals surface area contributed by atoms with E-state index in [2.05, 4.69) is 52.6 Å². The second kappa shape index (κ2) is 15.8. The second-order valence-electron chi connectivity index (χ2n) is 15.4. The molecule has 0 radical (unpaired) electrons. The van der Waals surface area contributed by atoms with Gasteiger partial charge in [0.15, 0.2) is 17.8 Å². The molecule has 4 aromatic rings. The minimum atomic E-state index is -0.908. The lowest BCUT2D eigenvalue weighted by Crippen LogP contribution is -2.51. The predicted octanol–water partition coefficient (Wildman–Crippen LogP) is 6.92. The van der Waals surface area contributed by atoms with Gasteiger partial charge in [0, 0.05) is 30.6 Å². The molecule has 8 rings (SSSR count). The van der Waals surface area contributed by atoms with Gasteiger partial charge in [0.2, 0.25) is 6.79 Å². The second-order valence-corrected chi connectivity index (χ2v) is 16.0. The first-order valence-electron chi connectivity index (χ1n) is 18.8. The molecular formula is C41H48N4O8S. The number of hydrogen-bond acceptors (Lipinski definition) is 12. The average Bonchev–Trinajstić information content (AvgIpc) is 3.99. The van der Waals surface area contributed by atoms with Gasteiger partial charge in [-0.1, -0.05) is 60.8 Å². The van der Waals surface area contributed by atoms with Crippen molar-refractivity contribution in [3.63, 3.8) is 0 Å². The fraction of sp³-hybridized carbons (Fsp3) is 0.488. The first kappa shape index (κ1) is 36.7. The van der Waals surface area contributed by atoms with E-state index in [0.29, 0.717) is 45.2 Å². The van der Waals surface area contributed by atoms with E-state index in [1.54, 1.807) is 0 Å². The van der Waals surface area contributed by atoms with Crippen LogP contribution in [0.25, 0.3) is 11.3 Å². The summed E-state index contributed by atoms with van der Waals surface area (Å²) in [6, 6.07) is 22.1. The minimum Gasteiger partial charge on any atom is -0.489 e. The Morgan fingerprint density at radius 3 is 2.56 bits per heavy atom. The molecule has 0 bridgehead atoms. The molecule has 5 atom stereocenters. The van der Waals surface area contributed by atoms with Crippen molar-refractivity contribution < 1.29 is 38.0 Å². The molecule has 12 nitrogen and oxygen atoms in total. The number of rotatable bonds is 13. The van der Waals surface area contributed by atoms with Gasteiger partial charge >= 0.3 is 6.09 Å². The topological polar surface area (TPSA) is 114 Å². The van der Waals surface area contributed by atoms with E-state index in [1.807, 2.05) is 66.6 Å². The summed E-state index contributed by atoms with van der Waals surface area (Å²) in [6.07, 6.45) is 0.0324. The highest BCUT2D eigenvalue weighted by Gasteiger charge is 2.52. The van der Waals surface area contributed by atoms with Crippen LogP contribution in [-0.4, -0.2) is 88.8 Å². The number of carbonyl (C=O) groups excluding carboxylic acids is 1. The van der Waals surface area contributed by atoms with E-state index < -0.39 is 11.8 Å². The van der Waals surface area contributed by atoms with Crippen LogP contribution in [-0.2, 0) is 38.5 Å². The quantitative estimate of drug-likeness (QED) is 0.142. The molecule has 0 saturated carbocycles. The van der Waals surface area contributed by atoms with Gasteiger partial charge in [0.25, 0.3) is 0 Å². The zero-order chi connectivity index (χ0) is 37.2. The van der Waals surface area contributed by atoms with Gasteiger partial charge in [0.05, 0.1) is 31.3 Å². The monoisotopic (exact) mass is 756 g/mol. The summed E-state index contributed by atoms with van der Waals surface area (Å²) in [5, 5.41) is 6.08. The van der Waals surface area contributed by atoms with E-state index in [-0.39, 0.29) is 37.3 Å². The number of ether oxygens (including phenoxy) is 7. The van der Waals surface area contributed by atoms with Gasteiger partial charge in [0.1, 0.15) is 29.9 Å². The lowest BCUT2D eigenvalue weighted by atomic mass is 9.99. The van der Waals surface area contributed by atoms with Gasteiger partial charge in [-0.05, 0) is 85.1 Å². The first-order chi connectivity index (χ1) is 26.2. The van der Waals surface area contributed by atoms with Crippen molar-refractivity contribution in [2.75, 3.05) is 33.1 Å².